The number of anilines is 2. The van der Waals surface area contributed by atoms with Gasteiger partial charge in [-0.25, -0.2) is 9.78 Å². The quantitative estimate of drug-likeness (QED) is 0.740. The normalized spacial score (nSPS) is 10.5. The summed E-state index contributed by atoms with van der Waals surface area (Å²) in [5.74, 6) is -0.808. The van der Waals surface area contributed by atoms with Gasteiger partial charge in [0, 0.05) is 32.2 Å². The van der Waals surface area contributed by atoms with Gasteiger partial charge in [0.25, 0.3) is 5.91 Å². The molecule has 1 aromatic carbocycles. The fourth-order valence-corrected chi connectivity index (χ4v) is 2.39. The Morgan fingerprint density at radius 2 is 1.96 bits per heavy atom. The first-order valence-corrected chi connectivity index (χ1v) is 7.64. The number of benzene rings is 1. The molecule has 0 saturated heterocycles. The van der Waals surface area contributed by atoms with Gasteiger partial charge in [0.2, 0.25) is 0 Å². The fraction of sp³-hybridized carbons (Fsp3) is 0.167. The number of methoxy groups -OCH3 is 1. The number of hydrogen-bond donors (Lipinski definition) is 1. The third-order valence-corrected chi connectivity index (χ3v) is 3.73. The number of hydrogen-bond acceptors (Lipinski definition) is 5. The molecular weight excluding hydrogens is 320 g/mol. The molecule has 0 fully saturated rings. The number of amides is 1. The van der Waals surface area contributed by atoms with Crippen molar-refractivity contribution in [1.29, 1.82) is 0 Å². The zero-order valence-corrected chi connectivity index (χ0v) is 14.2. The second kappa shape index (κ2) is 6.64. The third-order valence-electron chi connectivity index (χ3n) is 3.73. The number of ether oxygens (including phenoxy) is 1. The molecule has 1 amide bonds. The molecule has 0 aliphatic heterocycles. The van der Waals surface area contributed by atoms with Crippen LogP contribution in [0.5, 0.6) is 0 Å². The van der Waals surface area contributed by atoms with E-state index < -0.39 is 5.97 Å². The number of fused-ring (bicyclic) bond motifs is 1. The summed E-state index contributed by atoms with van der Waals surface area (Å²) in [6, 6.07) is 10.3. The van der Waals surface area contributed by atoms with Crippen molar-refractivity contribution in [1.82, 2.24) is 9.38 Å². The average molecular weight is 338 g/mol. The van der Waals surface area contributed by atoms with Crippen molar-refractivity contribution in [3.8, 4) is 0 Å². The molecule has 0 bridgehead atoms. The smallest absolute Gasteiger partial charge is 0.337 e. The maximum atomic E-state index is 12.4. The van der Waals surface area contributed by atoms with Gasteiger partial charge in [0.15, 0.2) is 0 Å². The lowest BCUT2D eigenvalue weighted by Crippen LogP contribution is -2.13. The minimum absolute atomic E-state index is 0.291. The molecular formula is C18H18N4O3. The average Bonchev–Trinajstić information content (AvgIpc) is 3.04. The Bertz CT molecular complexity index is 946. The van der Waals surface area contributed by atoms with E-state index in [9.17, 15) is 9.59 Å². The van der Waals surface area contributed by atoms with E-state index in [0.29, 0.717) is 22.6 Å². The van der Waals surface area contributed by atoms with E-state index in [-0.39, 0.29) is 5.91 Å². The van der Waals surface area contributed by atoms with Crippen LogP contribution in [0.2, 0.25) is 0 Å². The highest BCUT2D eigenvalue weighted by atomic mass is 16.5. The number of esters is 1. The van der Waals surface area contributed by atoms with Crippen LogP contribution in [0.3, 0.4) is 0 Å². The molecule has 128 valence electrons. The highest BCUT2D eigenvalue weighted by Gasteiger charge is 2.13. The summed E-state index contributed by atoms with van der Waals surface area (Å²) >= 11 is 0. The maximum Gasteiger partial charge on any atom is 0.337 e. The molecule has 2 heterocycles. The number of nitrogens with one attached hydrogen (secondary N) is 1. The SMILES string of the molecule is COC(=O)c1cccc(NC(=O)c2cn3cc(N(C)C)ccc3n2)c1. The van der Waals surface area contributed by atoms with Crippen LogP contribution >= 0.6 is 0 Å². The molecule has 0 radical (unpaired) electrons. The molecule has 7 nitrogen and oxygen atoms in total. The zero-order valence-electron chi connectivity index (χ0n) is 14.2. The predicted octanol–water partition coefficient (Wildman–Crippen LogP) is 2.44. The summed E-state index contributed by atoms with van der Waals surface area (Å²) in [4.78, 5) is 30.3. The van der Waals surface area contributed by atoms with Gasteiger partial charge in [-0.3, -0.25) is 4.79 Å². The van der Waals surface area contributed by atoms with Gasteiger partial charge in [-0.05, 0) is 30.3 Å². The minimum Gasteiger partial charge on any atom is -0.465 e. The van der Waals surface area contributed by atoms with Crippen LogP contribution in [-0.4, -0.2) is 42.5 Å². The topological polar surface area (TPSA) is 75.9 Å². The van der Waals surface area contributed by atoms with E-state index >= 15 is 0 Å². The summed E-state index contributed by atoms with van der Waals surface area (Å²) in [5.41, 5.74) is 2.84. The van der Waals surface area contributed by atoms with E-state index in [1.54, 1.807) is 34.9 Å². The summed E-state index contributed by atoms with van der Waals surface area (Å²) in [6.45, 7) is 0. The zero-order chi connectivity index (χ0) is 18.0. The van der Waals surface area contributed by atoms with Crippen molar-refractivity contribution in [3.05, 3.63) is 60.0 Å². The van der Waals surface area contributed by atoms with Crippen LogP contribution in [0.25, 0.3) is 5.65 Å². The summed E-state index contributed by atoms with van der Waals surface area (Å²) in [7, 11) is 5.20. The maximum absolute atomic E-state index is 12.4. The Morgan fingerprint density at radius 3 is 2.68 bits per heavy atom. The molecule has 0 aliphatic carbocycles. The number of carbonyl (C=O) groups is 2. The summed E-state index contributed by atoms with van der Waals surface area (Å²) in [5, 5.41) is 2.74. The van der Waals surface area contributed by atoms with Crippen LogP contribution < -0.4 is 10.2 Å². The fourth-order valence-electron chi connectivity index (χ4n) is 2.39. The van der Waals surface area contributed by atoms with Crippen LogP contribution in [0, 0.1) is 0 Å². The number of pyridine rings is 1. The van der Waals surface area contributed by atoms with Crippen molar-refractivity contribution >= 4 is 28.9 Å². The van der Waals surface area contributed by atoms with Gasteiger partial charge in [-0.15, -0.1) is 0 Å². The van der Waals surface area contributed by atoms with Crippen molar-refractivity contribution in [2.24, 2.45) is 0 Å². The van der Waals surface area contributed by atoms with Crippen LogP contribution in [0.1, 0.15) is 20.8 Å². The highest BCUT2D eigenvalue weighted by molar-refractivity contribution is 6.03. The van der Waals surface area contributed by atoms with Crippen molar-refractivity contribution in [2.75, 3.05) is 31.4 Å². The van der Waals surface area contributed by atoms with Crippen LogP contribution in [-0.2, 0) is 4.74 Å². The molecule has 0 spiro atoms. The monoisotopic (exact) mass is 338 g/mol. The molecule has 1 N–H and O–H groups in total. The summed E-state index contributed by atoms with van der Waals surface area (Å²) in [6.07, 6.45) is 3.57. The number of aromatic nitrogens is 2. The Balaban J connectivity index is 1.84. The lowest BCUT2D eigenvalue weighted by Gasteiger charge is -2.11. The largest absolute Gasteiger partial charge is 0.465 e. The van der Waals surface area contributed by atoms with E-state index in [0.717, 1.165) is 5.69 Å². The van der Waals surface area contributed by atoms with Gasteiger partial charge in [-0.1, -0.05) is 6.07 Å². The Kier molecular flexibility index (Phi) is 4.38. The van der Waals surface area contributed by atoms with E-state index in [2.05, 4.69) is 15.0 Å². The number of nitrogens with zero attached hydrogens (tertiary/aromatic N) is 3. The standard InChI is InChI=1S/C18H18N4O3/c1-21(2)14-7-8-16-20-15(11-22(16)10-14)17(23)19-13-6-4-5-12(9-13)18(24)25-3/h4-11H,1-3H3,(H,19,23). The third kappa shape index (κ3) is 3.45. The first kappa shape index (κ1) is 16.5. The lowest BCUT2D eigenvalue weighted by molar-refractivity contribution is 0.0600. The van der Waals surface area contributed by atoms with Crippen molar-refractivity contribution < 1.29 is 14.3 Å². The number of rotatable bonds is 4. The molecule has 0 atom stereocenters. The molecule has 0 saturated carbocycles. The molecule has 0 aliphatic rings. The number of carbonyl (C=O) groups excluding carboxylic acids is 2. The van der Waals surface area contributed by atoms with Crippen molar-refractivity contribution in [3.63, 3.8) is 0 Å². The Hall–Kier alpha value is -3.35. The van der Waals surface area contributed by atoms with Gasteiger partial charge >= 0.3 is 5.97 Å². The first-order valence-electron chi connectivity index (χ1n) is 7.64. The van der Waals surface area contributed by atoms with Gasteiger partial charge < -0.3 is 19.4 Å². The van der Waals surface area contributed by atoms with Crippen molar-refractivity contribution in [2.45, 2.75) is 0 Å². The second-order valence-corrected chi connectivity index (χ2v) is 5.70. The predicted molar refractivity (Wildman–Crippen MR) is 95.3 cm³/mol. The number of imidazole rings is 1. The van der Waals surface area contributed by atoms with Gasteiger partial charge in [0.05, 0.1) is 18.4 Å². The van der Waals surface area contributed by atoms with E-state index in [1.807, 2.05) is 37.3 Å². The molecule has 3 aromatic rings. The molecule has 3 rings (SSSR count). The Labute approximate surface area is 144 Å². The lowest BCUT2D eigenvalue weighted by atomic mass is 10.2. The minimum atomic E-state index is -0.458. The van der Waals surface area contributed by atoms with Gasteiger partial charge in [0.1, 0.15) is 11.3 Å². The second-order valence-electron chi connectivity index (χ2n) is 5.70. The first-order chi connectivity index (χ1) is 12.0. The molecule has 2 aromatic heterocycles. The van der Waals surface area contributed by atoms with Crippen LogP contribution in [0.4, 0.5) is 11.4 Å². The molecule has 7 heteroatoms. The highest BCUT2D eigenvalue weighted by Crippen LogP contribution is 2.16. The van der Waals surface area contributed by atoms with Crippen LogP contribution in [0.15, 0.2) is 48.8 Å². The van der Waals surface area contributed by atoms with E-state index in [4.69, 9.17) is 0 Å². The molecule has 0 unspecified atom stereocenters. The Morgan fingerprint density at radius 1 is 1.16 bits per heavy atom. The van der Waals surface area contributed by atoms with Gasteiger partial charge in [-0.2, -0.15) is 0 Å². The molecule has 25 heavy (non-hydrogen) atoms. The summed E-state index contributed by atoms with van der Waals surface area (Å²) < 4.78 is 6.48. The van der Waals surface area contributed by atoms with E-state index in [1.165, 1.54) is 7.11 Å².